The number of hydrogen-bond acceptors (Lipinski definition) is 6. The van der Waals surface area contributed by atoms with Gasteiger partial charge in [0.05, 0.1) is 24.7 Å². The topological polar surface area (TPSA) is 72.3 Å². The maximum Gasteiger partial charge on any atom is 0.230 e. The van der Waals surface area contributed by atoms with E-state index in [4.69, 9.17) is 16.3 Å². The Morgan fingerprint density at radius 3 is 2.89 bits per heavy atom. The first-order valence-corrected chi connectivity index (χ1v) is 10.2. The molecule has 1 aliphatic heterocycles. The van der Waals surface area contributed by atoms with Crippen molar-refractivity contribution in [3.8, 4) is 5.69 Å². The zero-order chi connectivity index (χ0) is 19.3. The number of hydrogen-bond donors (Lipinski definition) is 1. The van der Waals surface area contributed by atoms with Crippen LogP contribution >= 0.6 is 23.4 Å². The Bertz CT molecular complexity index is 777. The van der Waals surface area contributed by atoms with Crippen LogP contribution in [-0.2, 0) is 9.53 Å². The molecule has 1 aliphatic rings. The molecular weight excluding hydrogens is 386 g/mol. The highest BCUT2D eigenvalue weighted by Gasteiger charge is 2.28. The smallest absolute Gasteiger partial charge is 0.230 e. The predicted octanol–water partition coefficient (Wildman–Crippen LogP) is 2.24. The molecule has 1 fully saturated rings. The molecule has 0 aliphatic carbocycles. The lowest BCUT2D eigenvalue weighted by Crippen LogP contribution is -2.55. The summed E-state index contributed by atoms with van der Waals surface area (Å²) in [7, 11) is 0. The van der Waals surface area contributed by atoms with Crippen LogP contribution in [0.2, 0.25) is 5.02 Å². The Morgan fingerprint density at radius 2 is 2.15 bits per heavy atom. The molecule has 146 valence electrons. The average Bonchev–Trinajstić information content (AvgIpc) is 3.14. The predicted molar refractivity (Wildman–Crippen MR) is 107 cm³/mol. The van der Waals surface area contributed by atoms with Gasteiger partial charge in [-0.05, 0) is 32.0 Å². The zero-order valence-electron chi connectivity index (χ0n) is 15.5. The number of carbonyl (C=O) groups is 1. The molecule has 0 unspecified atom stereocenters. The number of amides is 1. The van der Waals surface area contributed by atoms with Crippen LogP contribution in [0.1, 0.15) is 13.8 Å². The fraction of sp³-hybridized carbons (Fsp3) is 0.500. The first-order chi connectivity index (χ1) is 13.0. The molecule has 2 aromatic rings. The van der Waals surface area contributed by atoms with E-state index in [1.807, 2.05) is 28.8 Å². The van der Waals surface area contributed by atoms with Gasteiger partial charge in [-0.2, -0.15) is 0 Å². The third-order valence-electron chi connectivity index (χ3n) is 4.52. The molecule has 27 heavy (non-hydrogen) atoms. The van der Waals surface area contributed by atoms with E-state index < -0.39 is 0 Å². The van der Waals surface area contributed by atoms with Crippen molar-refractivity contribution in [1.82, 2.24) is 25.0 Å². The molecule has 0 atom stereocenters. The Labute approximate surface area is 168 Å². The summed E-state index contributed by atoms with van der Waals surface area (Å²) >= 11 is 7.40. The quantitative estimate of drug-likeness (QED) is 0.707. The monoisotopic (exact) mass is 409 g/mol. The van der Waals surface area contributed by atoms with Crippen LogP contribution in [0.3, 0.4) is 0 Å². The minimum absolute atomic E-state index is 0.0259. The van der Waals surface area contributed by atoms with E-state index in [2.05, 4.69) is 34.3 Å². The number of nitrogens with zero attached hydrogens (tertiary/aromatic N) is 4. The zero-order valence-corrected chi connectivity index (χ0v) is 17.1. The molecular formula is C18H24ClN5O2S. The van der Waals surface area contributed by atoms with Crippen molar-refractivity contribution in [3.05, 3.63) is 35.6 Å². The summed E-state index contributed by atoms with van der Waals surface area (Å²) in [6.07, 6.45) is 1.62. The number of benzene rings is 1. The third-order valence-corrected chi connectivity index (χ3v) is 5.70. The lowest BCUT2D eigenvalue weighted by Gasteiger charge is -2.40. The van der Waals surface area contributed by atoms with Crippen molar-refractivity contribution in [2.75, 3.05) is 38.6 Å². The van der Waals surface area contributed by atoms with Crippen molar-refractivity contribution in [2.24, 2.45) is 0 Å². The molecule has 0 saturated carbocycles. The lowest BCUT2D eigenvalue weighted by atomic mass is 10.0. The van der Waals surface area contributed by atoms with Crippen molar-refractivity contribution >= 4 is 29.3 Å². The number of halogens is 1. The van der Waals surface area contributed by atoms with E-state index >= 15 is 0 Å². The van der Waals surface area contributed by atoms with E-state index in [0.29, 0.717) is 16.7 Å². The van der Waals surface area contributed by atoms with Gasteiger partial charge in [-0.1, -0.05) is 29.4 Å². The van der Waals surface area contributed by atoms with Crippen molar-refractivity contribution < 1.29 is 9.53 Å². The number of rotatable bonds is 7. The van der Waals surface area contributed by atoms with Crippen LogP contribution < -0.4 is 5.32 Å². The van der Waals surface area contributed by atoms with Gasteiger partial charge in [-0.3, -0.25) is 14.3 Å². The van der Waals surface area contributed by atoms with Crippen LogP contribution in [0, 0.1) is 0 Å². The summed E-state index contributed by atoms with van der Waals surface area (Å²) in [6.45, 7) is 8.13. The number of thioether (sulfide) groups is 1. The van der Waals surface area contributed by atoms with Gasteiger partial charge in [0.2, 0.25) is 5.91 Å². The van der Waals surface area contributed by atoms with Crippen molar-refractivity contribution in [2.45, 2.75) is 24.5 Å². The minimum atomic E-state index is -0.106. The minimum Gasteiger partial charge on any atom is -0.379 e. The first kappa shape index (κ1) is 20.1. The number of carbonyl (C=O) groups excluding carboxylic acids is 1. The standard InChI is InChI=1S/C18H24ClN5O2S/c1-18(2,23-6-8-26-9-7-23)12-20-16(25)11-27-17-22-21-13-24(17)15-5-3-4-14(19)10-15/h3-5,10,13H,6-9,11-12H2,1-2H3,(H,20,25). The third kappa shape index (κ3) is 5.44. The Balaban J connectivity index is 1.52. The van der Waals surface area contributed by atoms with Crippen LogP contribution in [0.5, 0.6) is 0 Å². The van der Waals surface area contributed by atoms with Gasteiger partial charge in [-0.25, -0.2) is 0 Å². The summed E-state index contributed by atoms with van der Waals surface area (Å²) < 4.78 is 7.22. The van der Waals surface area contributed by atoms with Crippen LogP contribution in [-0.4, -0.2) is 69.7 Å². The van der Waals surface area contributed by atoms with Gasteiger partial charge >= 0.3 is 0 Å². The van der Waals surface area contributed by atoms with Crippen molar-refractivity contribution in [1.29, 1.82) is 0 Å². The molecule has 0 bridgehead atoms. The average molecular weight is 410 g/mol. The summed E-state index contributed by atoms with van der Waals surface area (Å²) in [5.41, 5.74) is 0.758. The van der Waals surface area contributed by atoms with Gasteiger partial charge in [0, 0.05) is 30.2 Å². The second-order valence-electron chi connectivity index (χ2n) is 6.94. The number of nitrogens with one attached hydrogen (secondary N) is 1. The first-order valence-electron chi connectivity index (χ1n) is 8.84. The van der Waals surface area contributed by atoms with Gasteiger partial charge in [0.15, 0.2) is 5.16 Å². The fourth-order valence-corrected chi connectivity index (χ4v) is 3.85. The Hall–Kier alpha value is -1.61. The molecule has 1 aromatic carbocycles. The molecule has 1 saturated heterocycles. The molecule has 1 N–H and O–H groups in total. The second kappa shape index (κ2) is 9.05. The Kier molecular flexibility index (Phi) is 6.75. The number of ether oxygens (including phenoxy) is 1. The van der Waals surface area contributed by atoms with E-state index in [1.54, 1.807) is 6.33 Å². The molecule has 1 amide bonds. The van der Waals surface area contributed by atoms with E-state index in [1.165, 1.54) is 11.8 Å². The highest BCUT2D eigenvalue weighted by molar-refractivity contribution is 7.99. The second-order valence-corrected chi connectivity index (χ2v) is 8.32. The normalized spacial score (nSPS) is 15.7. The van der Waals surface area contributed by atoms with E-state index in [-0.39, 0.29) is 17.2 Å². The van der Waals surface area contributed by atoms with Crippen LogP contribution in [0.4, 0.5) is 0 Å². The highest BCUT2D eigenvalue weighted by atomic mass is 35.5. The lowest BCUT2D eigenvalue weighted by molar-refractivity contribution is -0.119. The molecule has 7 nitrogen and oxygen atoms in total. The largest absolute Gasteiger partial charge is 0.379 e. The molecule has 9 heteroatoms. The molecule has 2 heterocycles. The summed E-state index contributed by atoms with van der Waals surface area (Å²) in [5.74, 6) is 0.250. The molecule has 3 rings (SSSR count). The molecule has 1 aromatic heterocycles. The maximum absolute atomic E-state index is 12.3. The number of aromatic nitrogens is 3. The fourth-order valence-electron chi connectivity index (χ4n) is 2.90. The SMILES string of the molecule is CC(C)(CNC(=O)CSc1nncn1-c1cccc(Cl)c1)N1CCOCC1. The summed E-state index contributed by atoms with van der Waals surface area (Å²) in [6, 6.07) is 7.43. The van der Waals surface area contributed by atoms with Gasteiger partial charge in [0.25, 0.3) is 0 Å². The van der Waals surface area contributed by atoms with Crippen molar-refractivity contribution in [3.63, 3.8) is 0 Å². The summed E-state index contributed by atoms with van der Waals surface area (Å²) in [4.78, 5) is 14.7. The number of morpholine rings is 1. The maximum atomic E-state index is 12.3. The van der Waals surface area contributed by atoms with Crippen LogP contribution in [0.25, 0.3) is 5.69 Å². The molecule has 0 radical (unpaired) electrons. The molecule has 0 spiro atoms. The van der Waals surface area contributed by atoms with E-state index in [0.717, 1.165) is 32.0 Å². The van der Waals surface area contributed by atoms with E-state index in [9.17, 15) is 4.79 Å². The van der Waals surface area contributed by atoms with Crippen LogP contribution in [0.15, 0.2) is 35.7 Å². The Morgan fingerprint density at radius 1 is 1.37 bits per heavy atom. The van der Waals surface area contributed by atoms with Gasteiger partial charge in [-0.15, -0.1) is 10.2 Å². The van der Waals surface area contributed by atoms with Gasteiger partial charge < -0.3 is 10.1 Å². The highest BCUT2D eigenvalue weighted by Crippen LogP contribution is 2.21. The summed E-state index contributed by atoms with van der Waals surface area (Å²) in [5, 5.41) is 12.4. The van der Waals surface area contributed by atoms with Gasteiger partial charge in [0.1, 0.15) is 6.33 Å².